The SMILES string of the molecule is C[C@@]1(CCc2ccccc2)NC(=O)N(CC(=O)NC(=O)NCC(F)(F)F)C1=O. The van der Waals surface area contributed by atoms with Crippen molar-refractivity contribution in [2.75, 3.05) is 13.1 Å². The molecular formula is C17H19F3N4O4. The Hall–Kier alpha value is -3.11. The summed E-state index contributed by atoms with van der Waals surface area (Å²) in [5, 5.41) is 5.61. The quantitative estimate of drug-likeness (QED) is 0.626. The molecule has 6 amide bonds. The number of amides is 6. The molecule has 0 unspecified atom stereocenters. The van der Waals surface area contributed by atoms with Crippen LogP contribution in [0.5, 0.6) is 0 Å². The number of nitrogens with zero attached hydrogens (tertiary/aromatic N) is 1. The largest absolute Gasteiger partial charge is 0.405 e. The molecule has 0 aliphatic carbocycles. The minimum absolute atomic E-state index is 0.284. The van der Waals surface area contributed by atoms with Crippen molar-refractivity contribution in [2.24, 2.45) is 0 Å². The van der Waals surface area contributed by atoms with Gasteiger partial charge in [-0.05, 0) is 25.3 Å². The average Bonchev–Trinajstić information content (AvgIpc) is 2.82. The highest BCUT2D eigenvalue weighted by Gasteiger charge is 2.47. The van der Waals surface area contributed by atoms with Gasteiger partial charge in [-0.3, -0.25) is 19.8 Å². The molecule has 1 aromatic rings. The van der Waals surface area contributed by atoms with Gasteiger partial charge in [-0.2, -0.15) is 13.2 Å². The molecule has 8 nitrogen and oxygen atoms in total. The van der Waals surface area contributed by atoms with Crippen LogP contribution in [0.15, 0.2) is 30.3 Å². The fourth-order valence-electron chi connectivity index (χ4n) is 2.63. The minimum atomic E-state index is -4.63. The molecule has 1 atom stereocenters. The van der Waals surface area contributed by atoms with Crippen LogP contribution in [0.2, 0.25) is 0 Å². The van der Waals surface area contributed by atoms with Crippen molar-refractivity contribution in [1.82, 2.24) is 20.9 Å². The summed E-state index contributed by atoms with van der Waals surface area (Å²) in [5.74, 6) is -1.74. The van der Waals surface area contributed by atoms with E-state index in [1.54, 1.807) is 5.32 Å². The Morgan fingerprint density at radius 1 is 1.18 bits per heavy atom. The molecule has 2 rings (SSSR count). The van der Waals surface area contributed by atoms with E-state index < -0.39 is 48.7 Å². The van der Waals surface area contributed by atoms with E-state index in [0.29, 0.717) is 11.3 Å². The van der Waals surface area contributed by atoms with Crippen LogP contribution in [0.4, 0.5) is 22.8 Å². The number of carbonyl (C=O) groups excluding carboxylic acids is 4. The number of alkyl halides is 3. The maximum absolute atomic E-state index is 12.6. The van der Waals surface area contributed by atoms with Crippen molar-refractivity contribution < 1.29 is 32.3 Å². The van der Waals surface area contributed by atoms with Gasteiger partial charge in [-0.15, -0.1) is 0 Å². The summed E-state index contributed by atoms with van der Waals surface area (Å²) >= 11 is 0. The van der Waals surface area contributed by atoms with Crippen molar-refractivity contribution in [2.45, 2.75) is 31.5 Å². The lowest BCUT2D eigenvalue weighted by molar-refractivity contribution is -0.134. The molecule has 1 aromatic carbocycles. The van der Waals surface area contributed by atoms with Crippen LogP contribution in [-0.4, -0.2) is 53.6 Å². The third-order valence-corrected chi connectivity index (χ3v) is 4.11. The molecule has 11 heteroatoms. The second kappa shape index (κ2) is 8.28. The second-order valence-corrected chi connectivity index (χ2v) is 6.49. The van der Waals surface area contributed by atoms with Crippen LogP contribution in [0.25, 0.3) is 0 Å². The number of urea groups is 2. The Labute approximate surface area is 158 Å². The summed E-state index contributed by atoms with van der Waals surface area (Å²) in [6.45, 7) is -0.887. The Balaban J connectivity index is 1.90. The zero-order chi connectivity index (χ0) is 20.9. The fraction of sp³-hybridized carbons (Fsp3) is 0.412. The number of nitrogens with one attached hydrogen (secondary N) is 3. The van der Waals surface area contributed by atoms with Gasteiger partial charge in [0, 0.05) is 0 Å². The predicted molar refractivity (Wildman–Crippen MR) is 91.0 cm³/mol. The molecule has 28 heavy (non-hydrogen) atoms. The minimum Gasteiger partial charge on any atom is -0.329 e. The van der Waals surface area contributed by atoms with E-state index in [1.165, 1.54) is 12.2 Å². The van der Waals surface area contributed by atoms with Crippen LogP contribution in [0.1, 0.15) is 18.9 Å². The normalized spacial score (nSPS) is 19.4. The standard InChI is InChI=1S/C17H19F3N4O4/c1-16(8-7-11-5-3-2-4-6-11)13(26)24(15(28)23-16)9-12(25)22-14(27)21-10-17(18,19)20/h2-6H,7-10H2,1H3,(H,23,28)(H2,21,22,25,27)/t16-/m0/s1. The van der Waals surface area contributed by atoms with E-state index in [0.717, 1.165) is 5.56 Å². The summed E-state index contributed by atoms with van der Waals surface area (Å²) in [6.07, 6.45) is -3.85. The van der Waals surface area contributed by atoms with Gasteiger partial charge < -0.3 is 10.6 Å². The second-order valence-electron chi connectivity index (χ2n) is 6.49. The third kappa shape index (κ3) is 5.69. The number of halogens is 3. The average molecular weight is 400 g/mol. The van der Waals surface area contributed by atoms with Crippen LogP contribution < -0.4 is 16.0 Å². The molecule has 1 fully saturated rings. The molecule has 0 spiro atoms. The highest BCUT2D eigenvalue weighted by molar-refractivity contribution is 6.09. The van der Waals surface area contributed by atoms with Gasteiger partial charge in [-0.25, -0.2) is 9.59 Å². The molecule has 1 aliphatic heterocycles. The lowest BCUT2D eigenvalue weighted by Crippen LogP contribution is -2.48. The number of aryl methyl sites for hydroxylation is 1. The summed E-state index contributed by atoms with van der Waals surface area (Å²) in [4.78, 5) is 48.3. The lowest BCUT2D eigenvalue weighted by Gasteiger charge is -2.21. The first-order valence-electron chi connectivity index (χ1n) is 8.33. The first-order chi connectivity index (χ1) is 13.0. The van der Waals surface area contributed by atoms with E-state index in [9.17, 15) is 32.3 Å². The maximum atomic E-state index is 12.6. The topological polar surface area (TPSA) is 108 Å². The molecule has 1 heterocycles. The lowest BCUT2D eigenvalue weighted by atomic mass is 9.93. The van der Waals surface area contributed by atoms with E-state index in [-0.39, 0.29) is 6.42 Å². The van der Waals surface area contributed by atoms with Gasteiger partial charge in [0.15, 0.2) is 0 Å². The molecule has 1 saturated heterocycles. The third-order valence-electron chi connectivity index (χ3n) is 4.11. The number of hydrogen-bond acceptors (Lipinski definition) is 4. The van der Waals surface area contributed by atoms with Crippen molar-refractivity contribution >= 4 is 23.9 Å². The number of imide groups is 2. The summed E-state index contributed by atoms with van der Waals surface area (Å²) in [7, 11) is 0. The van der Waals surface area contributed by atoms with Gasteiger partial charge in [-0.1, -0.05) is 30.3 Å². The highest BCUT2D eigenvalue weighted by Crippen LogP contribution is 2.23. The van der Waals surface area contributed by atoms with Crippen molar-refractivity contribution in [1.29, 1.82) is 0 Å². The maximum Gasteiger partial charge on any atom is 0.405 e. The number of carbonyl (C=O) groups is 4. The van der Waals surface area contributed by atoms with Crippen LogP contribution >= 0.6 is 0 Å². The molecule has 3 N–H and O–H groups in total. The summed E-state index contributed by atoms with van der Waals surface area (Å²) in [5.41, 5.74) is -0.269. The Morgan fingerprint density at radius 3 is 2.43 bits per heavy atom. The summed E-state index contributed by atoms with van der Waals surface area (Å²) in [6, 6.07) is 7.08. The Morgan fingerprint density at radius 2 is 1.82 bits per heavy atom. The molecule has 1 aliphatic rings. The molecule has 0 radical (unpaired) electrons. The van der Waals surface area contributed by atoms with E-state index >= 15 is 0 Å². The fourth-order valence-corrected chi connectivity index (χ4v) is 2.63. The van der Waals surface area contributed by atoms with E-state index in [1.807, 2.05) is 30.3 Å². The first-order valence-corrected chi connectivity index (χ1v) is 8.33. The van der Waals surface area contributed by atoms with Crippen LogP contribution in [0.3, 0.4) is 0 Å². The predicted octanol–water partition coefficient (Wildman–Crippen LogP) is 1.32. The van der Waals surface area contributed by atoms with Gasteiger partial charge in [0.25, 0.3) is 5.91 Å². The first kappa shape index (κ1) is 21.2. The van der Waals surface area contributed by atoms with Crippen LogP contribution in [-0.2, 0) is 16.0 Å². The molecule has 152 valence electrons. The number of rotatable bonds is 6. The van der Waals surface area contributed by atoms with E-state index in [2.05, 4.69) is 5.32 Å². The van der Waals surface area contributed by atoms with Gasteiger partial charge in [0.05, 0.1) is 0 Å². The Bertz CT molecular complexity index is 769. The molecule has 0 aromatic heterocycles. The van der Waals surface area contributed by atoms with Gasteiger partial charge >= 0.3 is 18.2 Å². The molecule has 0 bridgehead atoms. The number of benzene rings is 1. The van der Waals surface area contributed by atoms with Crippen molar-refractivity contribution in [3.05, 3.63) is 35.9 Å². The summed E-state index contributed by atoms with van der Waals surface area (Å²) < 4.78 is 36.1. The Kier molecular flexibility index (Phi) is 6.26. The highest BCUT2D eigenvalue weighted by atomic mass is 19.4. The van der Waals surface area contributed by atoms with Gasteiger partial charge in [0.2, 0.25) is 5.91 Å². The monoisotopic (exact) mass is 400 g/mol. The van der Waals surface area contributed by atoms with Gasteiger partial charge in [0.1, 0.15) is 18.6 Å². The smallest absolute Gasteiger partial charge is 0.329 e. The van der Waals surface area contributed by atoms with Crippen molar-refractivity contribution in [3.8, 4) is 0 Å². The zero-order valence-corrected chi connectivity index (χ0v) is 14.9. The van der Waals surface area contributed by atoms with E-state index in [4.69, 9.17) is 0 Å². The van der Waals surface area contributed by atoms with Crippen LogP contribution in [0, 0.1) is 0 Å². The molecule has 0 saturated carbocycles. The number of hydrogen-bond donors (Lipinski definition) is 3. The van der Waals surface area contributed by atoms with Crippen molar-refractivity contribution in [3.63, 3.8) is 0 Å². The zero-order valence-electron chi connectivity index (χ0n) is 14.9. The molecular weight excluding hydrogens is 381 g/mol.